The molecule has 3 amide bonds. The highest BCUT2D eigenvalue weighted by atomic mass is 32.2. The van der Waals surface area contributed by atoms with Crippen molar-refractivity contribution in [2.75, 3.05) is 25.5 Å². The number of rotatable bonds is 10. The number of anilines is 1. The number of thioether (sulfide) groups is 1. The number of hydrogen-bond acceptors (Lipinski definition) is 6. The molecule has 8 nitrogen and oxygen atoms in total. The third kappa shape index (κ3) is 7.66. The van der Waals surface area contributed by atoms with Gasteiger partial charge in [0.2, 0.25) is 17.7 Å². The Morgan fingerprint density at radius 3 is 2.42 bits per heavy atom. The number of hydrogen-bond donors (Lipinski definition) is 2. The SMILES string of the molecule is [2H]C([2H])([2H])Oc1ccc(C([2H])([2H])C([2H])([2H])NC(=O)C[C@H]2S[C@@H](c3ccc(C#Cc4ccccc4)cc3)N(c3cccc(C(N)=O)c3)C2=O)cc1OC. The minimum absolute atomic E-state index is 0.157. The summed E-state index contributed by atoms with van der Waals surface area (Å²) in [5.41, 5.74) is 8.05. The number of amides is 3. The predicted molar refractivity (Wildman–Crippen MR) is 176 cm³/mol. The van der Waals surface area contributed by atoms with E-state index in [2.05, 4.69) is 17.2 Å². The first-order chi connectivity index (χ1) is 24.5. The minimum Gasteiger partial charge on any atom is -0.493 e. The largest absolute Gasteiger partial charge is 0.493 e. The summed E-state index contributed by atoms with van der Waals surface area (Å²) in [5.74, 6) is 3.72. The Labute approximate surface area is 276 Å². The van der Waals surface area contributed by atoms with Crippen molar-refractivity contribution in [3.05, 3.63) is 125 Å². The number of benzene rings is 4. The average Bonchev–Trinajstić information content (AvgIpc) is 3.42. The lowest BCUT2D eigenvalue weighted by Crippen LogP contribution is -2.34. The van der Waals surface area contributed by atoms with Crippen LogP contribution in [0.3, 0.4) is 0 Å². The van der Waals surface area contributed by atoms with E-state index in [1.54, 1.807) is 12.1 Å². The summed E-state index contributed by atoms with van der Waals surface area (Å²) in [4.78, 5) is 40.8. The summed E-state index contributed by atoms with van der Waals surface area (Å²) in [5, 5.41) is 0.425. The highest BCUT2D eigenvalue weighted by Crippen LogP contribution is 2.46. The number of carbonyl (C=O) groups excluding carboxylic acids is 3. The van der Waals surface area contributed by atoms with Crippen LogP contribution in [-0.2, 0) is 16.0 Å². The average molecular weight is 627 g/mol. The van der Waals surface area contributed by atoms with Crippen molar-refractivity contribution in [3.63, 3.8) is 0 Å². The molecule has 0 aromatic heterocycles. The molecule has 4 aromatic carbocycles. The fourth-order valence-electron chi connectivity index (χ4n) is 4.60. The Morgan fingerprint density at radius 2 is 1.71 bits per heavy atom. The van der Waals surface area contributed by atoms with Crippen LogP contribution in [0.5, 0.6) is 11.5 Å². The molecule has 9 heteroatoms. The molecule has 0 aliphatic carbocycles. The summed E-state index contributed by atoms with van der Waals surface area (Å²) >= 11 is 1.15. The van der Waals surface area contributed by atoms with Gasteiger partial charge in [-0.2, -0.15) is 0 Å². The molecule has 4 aromatic rings. The van der Waals surface area contributed by atoms with E-state index in [-0.39, 0.29) is 22.6 Å². The first kappa shape index (κ1) is 23.2. The second-order valence-electron chi connectivity index (χ2n) is 9.81. The van der Waals surface area contributed by atoms with Gasteiger partial charge in [-0.15, -0.1) is 11.8 Å². The third-order valence-corrected chi connectivity index (χ3v) is 8.26. The fourth-order valence-corrected chi connectivity index (χ4v) is 6.05. The first-order valence-electron chi connectivity index (χ1n) is 17.2. The van der Waals surface area contributed by atoms with E-state index in [9.17, 15) is 14.4 Å². The fraction of sp³-hybridized carbons (Fsp3) is 0.194. The Hall–Kier alpha value is -5.20. The van der Waals surface area contributed by atoms with E-state index in [1.807, 2.05) is 54.6 Å². The van der Waals surface area contributed by atoms with Crippen molar-refractivity contribution in [3.8, 4) is 23.3 Å². The Morgan fingerprint density at radius 1 is 0.956 bits per heavy atom. The number of primary amides is 1. The van der Waals surface area contributed by atoms with Crippen molar-refractivity contribution in [1.82, 2.24) is 5.32 Å². The number of nitrogens with zero attached hydrogens (tertiary/aromatic N) is 1. The lowest BCUT2D eigenvalue weighted by Gasteiger charge is -2.24. The van der Waals surface area contributed by atoms with Crippen molar-refractivity contribution in [2.24, 2.45) is 5.73 Å². The monoisotopic (exact) mass is 626 g/mol. The lowest BCUT2D eigenvalue weighted by atomic mass is 10.1. The molecule has 5 rings (SSSR count). The number of aryl methyl sites for hydroxylation is 1. The van der Waals surface area contributed by atoms with Crippen LogP contribution in [0.1, 0.15) is 54.0 Å². The standard InChI is InChI=1S/C36H33N3O5S/c1-43-30-18-15-26(21-31(30)44-2)19-20-38-33(40)23-32-35(42)39(29-10-6-9-28(22-29)34(37)41)36(45-32)27-16-13-25(14-17-27)12-11-24-7-4-3-5-8-24/h3-10,13-18,21-22,32,36H,19-20,23H2,1-2H3,(H2,37,41)(H,38,40)/t32-,36+/m1/s1/i1D3,19D2,20D2. The van der Waals surface area contributed by atoms with Crippen LogP contribution in [0.25, 0.3) is 0 Å². The molecule has 1 aliphatic rings. The molecule has 0 radical (unpaired) electrons. The predicted octanol–water partition coefficient (Wildman–Crippen LogP) is 5.10. The molecular weight excluding hydrogens is 586 g/mol. The highest BCUT2D eigenvalue weighted by molar-refractivity contribution is 8.01. The molecule has 0 unspecified atom stereocenters. The van der Waals surface area contributed by atoms with Gasteiger partial charge in [-0.25, -0.2) is 0 Å². The summed E-state index contributed by atoms with van der Waals surface area (Å²) in [7, 11) is -1.60. The van der Waals surface area contributed by atoms with Gasteiger partial charge in [0.15, 0.2) is 11.5 Å². The molecule has 0 bridgehead atoms. The second kappa shape index (κ2) is 14.5. The van der Waals surface area contributed by atoms with Crippen LogP contribution in [0.2, 0.25) is 0 Å². The molecule has 1 saturated heterocycles. The Balaban J connectivity index is 1.38. The smallest absolute Gasteiger partial charge is 0.248 e. The van der Waals surface area contributed by atoms with Crippen molar-refractivity contribution >= 4 is 35.2 Å². The van der Waals surface area contributed by atoms with Gasteiger partial charge in [0.25, 0.3) is 0 Å². The maximum atomic E-state index is 14.0. The highest BCUT2D eigenvalue weighted by Gasteiger charge is 2.42. The van der Waals surface area contributed by atoms with Gasteiger partial charge in [-0.3, -0.25) is 19.3 Å². The van der Waals surface area contributed by atoms with Crippen LogP contribution in [0.15, 0.2) is 97.1 Å². The molecule has 1 fully saturated rings. The van der Waals surface area contributed by atoms with Crippen molar-refractivity contribution in [1.29, 1.82) is 0 Å². The molecule has 3 N–H and O–H groups in total. The van der Waals surface area contributed by atoms with Gasteiger partial charge in [-0.05, 0) is 72.1 Å². The van der Waals surface area contributed by atoms with Gasteiger partial charge in [-0.1, -0.05) is 54.3 Å². The Bertz CT molecular complexity index is 2030. The van der Waals surface area contributed by atoms with Gasteiger partial charge < -0.3 is 20.5 Å². The normalized spacial score (nSPS) is 18.8. The number of nitrogens with two attached hydrogens (primary N) is 1. The quantitative estimate of drug-likeness (QED) is 0.237. The summed E-state index contributed by atoms with van der Waals surface area (Å²) in [6.07, 6.45) is -3.35. The number of methoxy groups -OCH3 is 2. The third-order valence-electron chi connectivity index (χ3n) is 6.82. The minimum atomic E-state index is -3.00. The van der Waals surface area contributed by atoms with Gasteiger partial charge in [0.05, 0.1) is 23.5 Å². The lowest BCUT2D eigenvalue weighted by molar-refractivity contribution is -0.124. The number of carbonyl (C=O) groups is 3. The second-order valence-corrected chi connectivity index (χ2v) is 11.1. The Kier molecular flexibility index (Phi) is 7.49. The van der Waals surface area contributed by atoms with E-state index < -0.39 is 54.7 Å². The van der Waals surface area contributed by atoms with Crippen molar-refractivity contribution < 1.29 is 33.5 Å². The zero-order chi connectivity index (χ0) is 37.8. The van der Waals surface area contributed by atoms with Gasteiger partial charge in [0.1, 0.15) is 5.37 Å². The van der Waals surface area contributed by atoms with E-state index in [1.165, 1.54) is 24.1 Å². The topological polar surface area (TPSA) is 111 Å². The van der Waals surface area contributed by atoms with Gasteiger partial charge in [0, 0.05) is 40.8 Å². The molecule has 45 heavy (non-hydrogen) atoms. The molecule has 1 heterocycles. The summed E-state index contributed by atoms with van der Waals surface area (Å²) in [6, 6.07) is 26.3. The molecule has 1 aliphatic heterocycles. The maximum absolute atomic E-state index is 14.0. The number of nitrogens with one attached hydrogen (secondary N) is 1. The molecular formula is C36H33N3O5S. The zero-order valence-corrected chi connectivity index (χ0v) is 24.9. The summed E-state index contributed by atoms with van der Waals surface area (Å²) < 4.78 is 66.2. The molecule has 0 spiro atoms. The van der Waals surface area contributed by atoms with Crippen molar-refractivity contribution in [2.45, 2.75) is 23.4 Å². The van der Waals surface area contributed by atoms with E-state index >= 15 is 0 Å². The molecule has 2 atom stereocenters. The summed E-state index contributed by atoms with van der Waals surface area (Å²) in [6.45, 7) is -3.00. The van der Waals surface area contributed by atoms with E-state index in [0.717, 1.165) is 41.1 Å². The molecule has 228 valence electrons. The van der Waals surface area contributed by atoms with Crippen LogP contribution in [0, 0.1) is 11.8 Å². The van der Waals surface area contributed by atoms with E-state index in [4.69, 9.17) is 24.8 Å². The van der Waals surface area contributed by atoms with E-state index in [0.29, 0.717) is 11.3 Å². The molecule has 0 saturated carbocycles. The van der Waals surface area contributed by atoms with Gasteiger partial charge >= 0.3 is 0 Å². The zero-order valence-electron chi connectivity index (χ0n) is 31.1. The van der Waals surface area contributed by atoms with Crippen LogP contribution in [0.4, 0.5) is 5.69 Å². The number of ether oxygens (including phenoxy) is 2. The first-order valence-corrected chi connectivity index (χ1v) is 14.7. The van der Waals surface area contributed by atoms with Crippen LogP contribution in [-0.4, -0.2) is 43.6 Å². The van der Waals surface area contributed by atoms with Crippen LogP contribution >= 0.6 is 11.8 Å². The van der Waals surface area contributed by atoms with Crippen LogP contribution < -0.4 is 25.4 Å². The maximum Gasteiger partial charge on any atom is 0.248 e.